The lowest BCUT2D eigenvalue weighted by molar-refractivity contribution is -0.165. The van der Waals surface area contributed by atoms with Crippen LogP contribution in [0.25, 0.3) is 0 Å². The van der Waals surface area contributed by atoms with E-state index < -0.39 is 30.2 Å². The molecule has 1 saturated heterocycles. The maximum Gasteiger partial charge on any atom is 0.184 e. The molecule has 0 aromatic rings. The highest BCUT2D eigenvalue weighted by Crippen LogP contribution is 2.27. The van der Waals surface area contributed by atoms with E-state index in [1.54, 1.807) is 0 Å². The first kappa shape index (κ1) is 9.88. The number of aliphatic hydroxyl groups excluding tert-OH is 3. The van der Waals surface area contributed by atoms with Gasteiger partial charge in [0, 0.05) is 0 Å². The van der Waals surface area contributed by atoms with Crippen LogP contribution in [0.4, 0.5) is 0 Å². The van der Waals surface area contributed by atoms with Gasteiger partial charge in [-0.25, -0.2) is 0 Å². The van der Waals surface area contributed by atoms with Crippen LogP contribution in [0.1, 0.15) is 13.8 Å². The van der Waals surface area contributed by atoms with Crippen molar-refractivity contribution in [2.45, 2.75) is 44.1 Å². The van der Waals surface area contributed by atoms with Gasteiger partial charge in [0.15, 0.2) is 6.29 Å². The maximum absolute atomic E-state index is 9.42. The van der Waals surface area contributed by atoms with Crippen molar-refractivity contribution >= 4 is 0 Å². The van der Waals surface area contributed by atoms with Crippen LogP contribution < -0.4 is 0 Å². The SMILES string of the molecule is CC(C)(O)[C@H]1OC(O)[C@@H](O)[C@H]1O. The monoisotopic (exact) mass is 178 g/mol. The molecule has 0 aromatic carbocycles. The van der Waals surface area contributed by atoms with Crippen molar-refractivity contribution in [3.63, 3.8) is 0 Å². The maximum atomic E-state index is 9.42. The lowest BCUT2D eigenvalue weighted by Crippen LogP contribution is -2.45. The van der Waals surface area contributed by atoms with Crippen molar-refractivity contribution in [1.29, 1.82) is 0 Å². The van der Waals surface area contributed by atoms with Gasteiger partial charge >= 0.3 is 0 Å². The summed E-state index contributed by atoms with van der Waals surface area (Å²) < 4.78 is 4.76. The van der Waals surface area contributed by atoms with E-state index in [4.69, 9.17) is 14.9 Å². The van der Waals surface area contributed by atoms with E-state index in [0.717, 1.165) is 0 Å². The average Bonchev–Trinajstić information content (AvgIpc) is 2.15. The molecule has 1 fully saturated rings. The third kappa shape index (κ3) is 1.60. The summed E-state index contributed by atoms with van der Waals surface area (Å²) in [5.74, 6) is 0. The summed E-state index contributed by atoms with van der Waals surface area (Å²) >= 11 is 0. The molecule has 0 bridgehead atoms. The Balaban J connectivity index is 2.71. The Morgan fingerprint density at radius 2 is 1.58 bits per heavy atom. The molecule has 4 N–H and O–H groups in total. The predicted molar refractivity (Wildman–Crippen MR) is 39.2 cm³/mol. The second kappa shape index (κ2) is 2.93. The summed E-state index contributed by atoms with van der Waals surface area (Å²) in [7, 11) is 0. The van der Waals surface area contributed by atoms with Gasteiger partial charge in [-0.15, -0.1) is 0 Å². The number of ether oxygens (including phenoxy) is 1. The van der Waals surface area contributed by atoms with Gasteiger partial charge in [-0.05, 0) is 13.8 Å². The Labute approximate surface area is 70.2 Å². The Hall–Kier alpha value is -0.200. The van der Waals surface area contributed by atoms with Gasteiger partial charge in [-0.3, -0.25) is 0 Å². The first-order valence-electron chi connectivity index (χ1n) is 3.76. The second-order valence-electron chi connectivity index (χ2n) is 3.58. The van der Waals surface area contributed by atoms with Gasteiger partial charge in [0.1, 0.15) is 18.3 Å². The Kier molecular flexibility index (Phi) is 2.42. The van der Waals surface area contributed by atoms with Crippen molar-refractivity contribution in [3.05, 3.63) is 0 Å². The third-order valence-corrected chi connectivity index (χ3v) is 1.93. The summed E-state index contributed by atoms with van der Waals surface area (Å²) in [6.07, 6.45) is -4.97. The summed E-state index contributed by atoms with van der Waals surface area (Å²) in [5.41, 5.74) is -1.28. The van der Waals surface area contributed by atoms with E-state index >= 15 is 0 Å². The molecule has 0 radical (unpaired) electrons. The van der Waals surface area contributed by atoms with Crippen LogP contribution in [0.15, 0.2) is 0 Å². The van der Waals surface area contributed by atoms with Crippen LogP contribution in [0, 0.1) is 0 Å². The summed E-state index contributed by atoms with van der Waals surface area (Å²) in [4.78, 5) is 0. The molecule has 72 valence electrons. The average molecular weight is 178 g/mol. The molecule has 0 amide bonds. The molecular formula is C7H14O5. The third-order valence-electron chi connectivity index (χ3n) is 1.93. The summed E-state index contributed by atoms with van der Waals surface area (Å²) in [6.45, 7) is 2.87. The molecule has 1 unspecified atom stereocenters. The van der Waals surface area contributed by atoms with Crippen molar-refractivity contribution < 1.29 is 25.2 Å². The zero-order valence-electron chi connectivity index (χ0n) is 7.01. The number of aliphatic hydroxyl groups is 4. The molecule has 12 heavy (non-hydrogen) atoms. The highest BCUT2D eigenvalue weighted by atomic mass is 16.6. The van der Waals surface area contributed by atoms with Crippen LogP contribution in [-0.4, -0.2) is 50.6 Å². The van der Waals surface area contributed by atoms with Gasteiger partial charge < -0.3 is 25.2 Å². The smallest absolute Gasteiger partial charge is 0.184 e. The topological polar surface area (TPSA) is 90.2 Å². The predicted octanol–water partition coefficient (Wildman–Crippen LogP) is -1.80. The summed E-state index contributed by atoms with van der Waals surface area (Å²) in [5, 5.41) is 36.7. The molecule has 0 saturated carbocycles. The molecule has 1 rings (SSSR count). The van der Waals surface area contributed by atoms with Crippen LogP contribution >= 0.6 is 0 Å². The van der Waals surface area contributed by atoms with E-state index in [-0.39, 0.29) is 0 Å². The fourth-order valence-corrected chi connectivity index (χ4v) is 1.24. The van der Waals surface area contributed by atoms with Crippen molar-refractivity contribution in [2.24, 2.45) is 0 Å². The van der Waals surface area contributed by atoms with Gasteiger partial charge in [0.2, 0.25) is 0 Å². The van der Waals surface area contributed by atoms with Gasteiger partial charge in [-0.1, -0.05) is 0 Å². The first-order chi connectivity index (χ1) is 5.34. The molecule has 1 aliphatic heterocycles. The molecular weight excluding hydrogens is 164 g/mol. The summed E-state index contributed by atoms with van der Waals surface area (Å²) in [6, 6.07) is 0. The number of hydrogen-bond donors (Lipinski definition) is 4. The Morgan fingerprint density at radius 1 is 1.08 bits per heavy atom. The quantitative estimate of drug-likeness (QED) is 0.380. The molecule has 5 nitrogen and oxygen atoms in total. The first-order valence-corrected chi connectivity index (χ1v) is 3.76. The van der Waals surface area contributed by atoms with E-state index in [9.17, 15) is 10.2 Å². The highest BCUT2D eigenvalue weighted by molar-refractivity contribution is 4.94. The van der Waals surface area contributed by atoms with Crippen molar-refractivity contribution in [2.75, 3.05) is 0 Å². The molecule has 0 spiro atoms. The van der Waals surface area contributed by atoms with E-state index in [1.807, 2.05) is 0 Å². The largest absolute Gasteiger partial charge is 0.388 e. The van der Waals surface area contributed by atoms with E-state index in [1.165, 1.54) is 13.8 Å². The van der Waals surface area contributed by atoms with Gasteiger partial charge in [-0.2, -0.15) is 0 Å². The zero-order chi connectivity index (χ0) is 9.52. The molecule has 5 heteroatoms. The minimum Gasteiger partial charge on any atom is -0.388 e. The standard InChI is InChI=1S/C7H14O5/c1-7(2,11)5-3(8)4(9)6(10)12-5/h3-6,8-11H,1-2H3/t3-,4+,5+,6?/m1/s1. The Morgan fingerprint density at radius 3 is 1.75 bits per heavy atom. The molecule has 0 aromatic heterocycles. The molecule has 1 aliphatic rings. The van der Waals surface area contributed by atoms with Gasteiger partial charge in [0.05, 0.1) is 5.60 Å². The van der Waals surface area contributed by atoms with Gasteiger partial charge in [0.25, 0.3) is 0 Å². The van der Waals surface area contributed by atoms with Crippen LogP contribution in [0.2, 0.25) is 0 Å². The zero-order valence-corrected chi connectivity index (χ0v) is 7.01. The minimum atomic E-state index is -1.42. The normalized spacial score (nSPS) is 43.5. The number of rotatable bonds is 1. The molecule has 0 aliphatic carbocycles. The second-order valence-corrected chi connectivity index (χ2v) is 3.58. The molecule has 4 atom stereocenters. The van der Waals surface area contributed by atoms with E-state index in [0.29, 0.717) is 0 Å². The Bertz CT molecular complexity index is 164. The van der Waals surface area contributed by atoms with Crippen LogP contribution in [0.3, 0.4) is 0 Å². The van der Waals surface area contributed by atoms with Crippen molar-refractivity contribution in [1.82, 2.24) is 0 Å². The van der Waals surface area contributed by atoms with Crippen LogP contribution in [0.5, 0.6) is 0 Å². The van der Waals surface area contributed by atoms with Crippen LogP contribution in [-0.2, 0) is 4.74 Å². The lowest BCUT2D eigenvalue weighted by atomic mass is 9.96. The van der Waals surface area contributed by atoms with Crippen molar-refractivity contribution in [3.8, 4) is 0 Å². The fraction of sp³-hybridized carbons (Fsp3) is 1.00. The fourth-order valence-electron chi connectivity index (χ4n) is 1.24. The van der Waals surface area contributed by atoms with E-state index in [2.05, 4.69) is 0 Å². The highest BCUT2D eigenvalue weighted by Gasteiger charge is 2.48. The molecule has 1 heterocycles. The lowest BCUT2D eigenvalue weighted by Gasteiger charge is -2.26. The number of hydrogen-bond acceptors (Lipinski definition) is 5. The minimum absolute atomic E-state index is 0.956.